The highest BCUT2D eigenvalue weighted by Gasteiger charge is 2.27. The lowest BCUT2D eigenvalue weighted by Gasteiger charge is -2.33. The number of nitrogens with zero attached hydrogens (tertiary/aromatic N) is 3. The number of aryl methyl sites for hydroxylation is 2. The number of anilines is 1. The van der Waals surface area contributed by atoms with Crippen LogP contribution in [0.4, 0.5) is 5.82 Å². The molecule has 0 amide bonds. The van der Waals surface area contributed by atoms with Crippen molar-refractivity contribution in [2.45, 2.75) is 39.8 Å². The maximum absolute atomic E-state index is 5.74. The lowest BCUT2D eigenvalue weighted by molar-refractivity contribution is 0.414. The zero-order chi connectivity index (χ0) is 22.0. The predicted molar refractivity (Wildman–Crippen MR) is 127 cm³/mol. The molecule has 160 valence electrons. The van der Waals surface area contributed by atoms with E-state index in [1.165, 1.54) is 16.0 Å². The molecule has 3 heterocycles. The van der Waals surface area contributed by atoms with Crippen molar-refractivity contribution in [3.05, 3.63) is 82.9 Å². The first kappa shape index (κ1) is 21.1. The zero-order valence-corrected chi connectivity index (χ0v) is 19.2. The van der Waals surface area contributed by atoms with Gasteiger partial charge in [-0.25, -0.2) is 9.97 Å². The number of fused-ring (bicyclic) bond motifs is 1. The van der Waals surface area contributed by atoms with Crippen LogP contribution in [0.5, 0.6) is 5.75 Å². The van der Waals surface area contributed by atoms with Crippen LogP contribution >= 0.6 is 11.3 Å². The quantitative estimate of drug-likeness (QED) is 0.292. The summed E-state index contributed by atoms with van der Waals surface area (Å²) >= 11 is 1.71. The molecule has 0 radical (unpaired) electrons. The second-order valence-electron chi connectivity index (χ2n) is 7.82. The summed E-state index contributed by atoms with van der Waals surface area (Å²) < 4.78 is 11.1. The normalized spacial score (nSPS) is 12.1. The number of hydrogen-bond donors (Lipinski definition) is 0. The zero-order valence-electron chi connectivity index (χ0n) is 18.4. The van der Waals surface area contributed by atoms with Gasteiger partial charge in [0.15, 0.2) is 0 Å². The Morgan fingerprint density at radius 1 is 1.19 bits per heavy atom. The second kappa shape index (κ2) is 8.94. The molecule has 0 bridgehead atoms. The molecule has 1 unspecified atom stereocenters. The van der Waals surface area contributed by atoms with Crippen LogP contribution in [0.3, 0.4) is 0 Å². The van der Waals surface area contributed by atoms with Gasteiger partial charge in [-0.3, -0.25) is 0 Å². The molecule has 3 aromatic heterocycles. The Morgan fingerprint density at radius 3 is 2.61 bits per heavy atom. The summed E-state index contributed by atoms with van der Waals surface area (Å²) in [5, 5.41) is 1.11. The first-order chi connectivity index (χ1) is 15.0. The van der Waals surface area contributed by atoms with Crippen molar-refractivity contribution < 1.29 is 9.15 Å². The molecule has 0 aliphatic heterocycles. The molecule has 0 saturated heterocycles. The molecule has 0 saturated carbocycles. The van der Waals surface area contributed by atoms with Crippen molar-refractivity contribution in [2.24, 2.45) is 0 Å². The van der Waals surface area contributed by atoms with E-state index in [0.717, 1.165) is 39.5 Å². The van der Waals surface area contributed by atoms with Crippen molar-refractivity contribution in [2.75, 3.05) is 12.0 Å². The summed E-state index contributed by atoms with van der Waals surface area (Å²) in [7, 11) is 1.68. The number of thiophene rings is 1. The number of rotatable bonds is 8. The molecule has 0 aliphatic carbocycles. The number of ether oxygens (including phenoxy) is 1. The minimum Gasteiger partial charge on any atom is -0.497 e. The molecular weight excluding hydrogens is 406 g/mol. The predicted octanol–water partition coefficient (Wildman–Crippen LogP) is 6.62. The Hall–Kier alpha value is -3.12. The number of aromatic nitrogens is 2. The van der Waals surface area contributed by atoms with E-state index < -0.39 is 0 Å². The van der Waals surface area contributed by atoms with Crippen molar-refractivity contribution in [1.29, 1.82) is 0 Å². The minimum atomic E-state index is 0.0335. The van der Waals surface area contributed by atoms with Crippen molar-refractivity contribution >= 4 is 27.4 Å². The number of benzene rings is 1. The third-order valence-corrected chi connectivity index (χ3v) is 6.66. The van der Waals surface area contributed by atoms with E-state index >= 15 is 0 Å². The summed E-state index contributed by atoms with van der Waals surface area (Å²) in [6, 6.07) is 12.2. The van der Waals surface area contributed by atoms with Gasteiger partial charge in [-0.2, -0.15) is 0 Å². The Balaban J connectivity index is 1.89. The summed E-state index contributed by atoms with van der Waals surface area (Å²) in [6.07, 6.45) is 4.17. The molecule has 5 nitrogen and oxygen atoms in total. The van der Waals surface area contributed by atoms with Crippen LogP contribution in [-0.4, -0.2) is 17.1 Å². The van der Waals surface area contributed by atoms with Gasteiger partial charge in [-0.05, 0) is 62.6 Å². The van der Waals surface area contributed by atoms with Crippen LogP contribution in [0, 0.1) is 13.8 Å². The molecule has 0 spiro atoms. The minimum absolute atomic E-state index is 0.0335. The van der Waals surface area contributed by atoms with E-state index in [0.29, 0.717) is 6.54 Å². The molecule has 4 rings (SSSR count). The van der Waals surface area contributed by atoms with Crippen LogP contribution in [0.1, 0.15) is 41.2 Å². The second-order valence-corrected chi connectivity index (χ2v) is 9.02. The Morgan fingerprint density at radius 2 is 1.97 bits per heavy atom. The average Bonchev–Trinajstić information content (AvgIpc) is 3.38. The maximum Gasteiger partial charge on any atom is 0.141 e. The van der Waals surface area contributed by atoms with Gasteiger partial charge < -0.3 is 14.1 Å². The van der Waals surface area contributed by atoms with Crippen LogP contribution in [0.25, 0.3) is 10.2 Å². The number of methoxy groups -OCH3 is 1. The average molecular weight is 434 g/mol. The Bertz CT molecular complexity index is 1180. The van der Waals surface area contributed by atoms with Gasteiger partial charge in [0.1, 0.15) is 28.5 Å². The van der Waals surface area contributed by atoms with Crippen LogP contribution in [0.15, 0.2) is 65.6 Å². The molecule has 6 heteroatoms. The SMILES string of the molecule is C=C(C)CC(c1ccc(OC)cc1)N(Cc1ccco1)c1ncnc2sc(C)c(C)c12. The lowest BCUT2D eigenvalue weighted by Crippen LogP contribution is -2.29. The van der Waals surface area contributed by atoms with Crippen molar-refractivity contribution in [3.63, 3.8) is 0 Å². The number of hydrogen-bond acceptors (Lipinski definition) is 6. The summed E-state index contributed by atoms with van der Waals surface area (Å²) in [5.74, 6) is 2.64. The Kier molecular flexibility index (Phi) is 6.09. The van der Waals surface area contributed by atoms with Crippen LogP contribution in [-0.2, 0) is 6.54 Å². The maximum atomic E-state index is 5.74. The van der Waals surface area contributed by atoms with Gasteiger partial charge in [-0.15, -0.1) is 17.9 Å². The highest BCUT2D eigenvalue weighted by atomic mass is 32.1. The van der Waals surface area contributed by atoms with Crippen LogP contribution < -0.4 is 9.64 Å². The largest absolute Gasteiger partial charge is 0.497 e. The fraction of sp³-hybridized carbons (Fsp3) is 0.280. The van der Waals surface area contributed by atoms with E-state index in [1.807, 2.05) is 24.3 Å². The highest BCUT2D eigenvalue weighted by molar-refractivity contribution is 7.18. The Labute approximate surface area is 187 Å². The summed E-state index contributed by atoms with van der Waals surface area (Å²) in [4.78, 5) is 13.9. The molecule has 1 atom stereocenters. The van der Waals surface area contributed by atoms with E-state index in [2.05, 4.69) is 49.4 Å². The van der Waals surface area contributed by atoms with E-state index in [9.17, 15) is 0 Å². The van der Waals surface area contributed by atoms with Gasteiger partial charge in [0.2, 0.25) is 0 Å². The first-order valence-electron chi connectivity index (χ1n) is 10.3. The number of furan rings is 1. The van der Waals surface area contributed by atoms with Crippen molar-refractivity contribution in [3.8, 4) is 5.75 Å². The molecule has 0 N–H and O–H groups in total. The summed E-state index contributed by atoms with van der Waals surface area (Å²) in [6.45, 7) is 11.1. The van der Waals surface area contributed by atoms with Gasteiger partial charge >= 0.3 is 0 Å². The third kappa shape index (κ3) is 4.35. The fourth-order valence-corrected chi connectivity index (χ4v) is 4.84. The highest BCUT2D eigenvalue weighted by Crippen LogP contribution is 2.40. The van der Waals surface area contributed by atoms with Gasteiger partial charge in [0.05, 0.1) is 31.3 Å². The van der Waals surface area contributed by atoms with E-state index in [4.69, 9.17) is 14.1 Å². The monoisotopic (exact) mass is 433 g/mol. The molecule has 1 aromatic carbocycles. The standard InChI is InChI=1S/C25H27N3O2S/c1-16(2)13-22(19-8-10-20(29-5)11-9-19)28(14-21-7-6-12-30-21)24-23-17(3)18(4)31-25(23)27-15-26-24/h6-12,15,22H,1,13-14H2,2-5H3. The molecule has 0 fully saturated rings. The van der Waals surface area contributed by atoms with Gasteiger partial charge in [-0.1, -0.05) is 17.7 Å². The van der Waals surface area contributed by atoms with E-state index in [-0.39, 0.29) is 6.04 Å². The molecule has 0 aliphatic rings. The first-order valence-corrected chi connectivity index (χ1v) is 11.1. The van der Waals surface area contributed by atoms with Gasteiger partial charge in [0.25, 0.3) is 0 Å². The molecular formula is C25H27N3O2S. The molecule has 31 heavy (non-hydrogen) atoms. The van der Waals surface area contributed by atoms with Crippen molar-refractivity contribution in [1.82, 2.24) is 9.97 Å². The fourth-order valence-electron chi connectivity index (χ4n) is 3.85. The van der Waals surface area contributed by atoms with E-state index in [1.54, 1.807) is 31.0 Å². The van der Waals surface area contributed by atoms with Gasteiger partial charge in [0, 0.05) is 4.88 Å². The topological polar surface area (TPSA) is 51.4 Å². The summed E-state index contributed by atoms with van der Waals surface area (Å²) in [5.41, 5.74) is 3.50. The lowest BCUT2D eigenvalue weighted by atomic mass is 9.97. The van der Waals surface area contributed by atoms with Crippen LogP contribution in [0.2, 0.25) is 0 Å². The smallest absolute Gasteiger partial charge is 0.141 e. The third-order valence-electron chi connectivity index (χ3n) is 5.54. The molecule has 4 aromatic rings.